The molecule has 0 aromatic heterocycles. The fourth-order valence-electron chi connectivity index (χ4n) is 2.21. The van der Waals surface area contributed by atoms with Gasteiger partial charge in [-0.25, -0.2) is 9.59 Å². The lowest BCUT2D eigenvalue weighted by Gasteiger charge is -2.15. The molecule has 0 heterocycles. The number of rotatable bonds is 3. The Labute approximate surface area is 119 Å². The first kappa shape index (κ1) is 14.4. The minimum absolute atomic E-state index is 0.0270. The molecule has 6 heteroatoms. The molecule has 0 amide bonds. The van der Waals surface area contributed by atoms with Gasteiger partial charge in [-0.15, -0.1) is 0 Å². The van der Waals surface area contributed by atoms with Crippen LogP contribution in [0, 0.1) is 0 Å². The highest BCUT2D eigenvalue weighted by atomic mass is 16.5. The second-order valence-electron chi connectivity index (χ2n) is 4.12. The Hall–Kier alpha value is -2.98. The van der Waals surface area contributed by atoms with Gasteiger partial charge in [-0.1, -0.05) is 12.1 Å². The summed E-state index contributed by atoms with van der Waals surface area (Å²) in [5.74, 6) is 0.0101. The summed E-state index contributed by atoms with van der Waals surface area (Å²) in [4.78, 5) is 22.6. The Morgan fingerprint density at radius 2 is 2.00 bits per heavy atom. The predicted molar refractivity (Wildman–Crippen MR) is 75.3 cm³/mol. The summed E-state index contributed by atoms with van der Waals surface area (Å²) < 4.78 is 9.74. The zero-order valence-electron chi connectivity index (χ0n) is 11.3. The maximum Gasteiger partial charge on any atom is 0.345 e. The third-order valence-electron chi connectivity index (χ3n) is 3.07. The maximum atomic E-state index is 11.9. The van der Waals surface area contributed by atoms with Crippen molar-refractivity contribution in [1.29, 1.82) is 0 Å². The van der Waals surface area contributed by atoms with Crippen LogP contribution >= 0.6 is 0 Å². The van der Waals surface area contributed by atoms with Gasteiger partial charge in [0.1, 0.15) is 28.8 Å². The quantitative estimate of drug-likeness (QED) is 0.661. The van der Waals surface area contributed by atoms with E-state index in [0.29, 0.717) is 5.39 Å². The smallest absolute Gasteiger partial charge is 0.345 e. The van der Waals surface area contributed by atoms with Crippen molar-refractivity contribution in [3.05, 3.63) is 29.3 Å². The van der Waals surface area contributed by atoms with Crippen LogP contribution in [0.5, 0.6) is 17.2 Å². The summed E-state index contributed by atoms with van der Waals surface area (Å²) in [6.45, 7) is 0. The number of phenolic OH excluding ortho intramolecular Hbond substituents is 2. The van der Waals surface area contributed by atoms with E-state index in [0.717, 1.165) is 13.2 Å². The van der Waals surface area contributed by atoms with Crippen LogP contribution in [-0.4, -0.2) is 36.3 Å². The molecule has 0 aliphatic carbocycles. The van der Waals surface area contributed by atoms with Crippen molar-refractivity contribution in [3.63, 3.8) is 0 Å². The number of carbonyl (C=O) groups excluding carboxylic acids is 2. The highest BCUT2D eigenvalue weighted by Gasteiger charge is 2.26. The van der Waals surface area contributed by atoms with Crippen molar-refractivity contribution in [1.82, 2.24) is 0 Å². The maximum absolute atomic E-state index is 11.9. The lowest BCUT2D eigenvalue weighted by molar-refractivity contribution is 0.0594. The summed E-state index contributed by atoms with van der Waals surface area (Å²) >= 11 is 0. The molecule has 2 N–H and O–H groups in total. The molecule has 2 aromatic carbocycles. The molecule has 2 aromatic rings. The van der Waals surface area contributed by atoms with Crippen LogP contribution in [0.1, 0.15) is 15.9 Å². The van der Waals surface area contributed by atoms with Gasteiger partial charge in [-0.2, -0.15) is 0 Å². The second kappa shape index (κ2) is 5.56. The van der Waals surface area contributed by atoms with E-state index in [9.17, 15) is 19.8 Å². The number of hydrogen-bond donors (Lipinski definition) is 2. The average molecular weight is 288 g/mol. The van der Waals surface area contributed by atoms with Crippen molar-refractivity contribution in [2.24, 2.45) is 0 Å². The molecule has 108 valence electrons. The zero-order chi connectivity index (χ0) is 15.6. The van der Waals surface area contributed by atoms with Gasteiger partial charge >= 0.3 is 5.97 Å². The first-order chi connectivity index (χ1) is 10.1. The molecule has 2 rings (SSSR count). The molecule has 0 spiro atoms. The van der Waals surface area contributed by atoms with Crippen LogP contribution < -0.4 is 4.74 Å². The molecule has 0 unspecified atom stereocenters. The Bertz CT molecular complexity index is 772. The number of phenols is 2. The Morgan fingerprint density at radius 1 is 1.29 bits per heavy atom. The van der Waals surface area contributed by atoms with Gasteiger partial charge in [0, 0.05) is 17.0 Å². The monoisotopic (exact) mass is 288 g/mol. The summed E-state index contributed by atoms with van der Waals surface area (Å²) in [5, 5.41) is 20.6. The van der Waals surface area contributed by atoms with Crippen molar-refractivity contribution >= 4 is 28.8 Å². The van der Waals surface area contributed by atoms with Crippen molar-refractivity contribution in [2.75, 3.05) is 14.2 Å². The van der Waals surface area contributed by atoms with E-state index < -0.39 is 11.7 Å². The van der Waals surface area contributed by atoms with Gasteiger partial charge in [0.15, 0.2) is 0 Å². The van der Waals surface area contributed by atoms with Crippen LogP contribution in [0.2, 0.25) is 0 Å². The SMILES string of the molecule is COC(=O)c1c(OC)c(C=C=O)c2cccc(O)c2c1O. The fraction of sp³-hybridized carbons (Fsp3) is 0.133. The Balaban J connectivity index is 3.09. The highest BCUT2D eigenvalue weighted by molar-refractivity contribution is 6.11. The van der Waals surface area contributed by atoms with Gasteiger partial charge in [0.05, 0.1) is 19.6 Å². The van der Waals surface area contributed by atoms with Gasteiger partial charge < -0.3 is 19.7 Å². The summed E-state index contributed by atoms with van der Waals surface area (Å²) in [6.07, 6.45) is 1.06. The van der Waals surface area contributed by atoms with Crippen LogP contribution in [0.25, 0.3) is 16.8 Å². The van der Waals surface area contributed by atoms with Crippen LogP contribution in [0.4, 0.5) is 0 Å². The van der Waals surface area contributed by atoms with Gasteiger partial charge in [-0.3, -0.25) is 0 Å². The second-order valence-corrected chi connectivity index (χ2v) is 4.12. The number of benzene rings is 2. The van der Waals surface area contributed by atoms with E-state index in [2.05, 4.69) is 4.74 Å². The number of methoxy groups -OCH3 is 2. The van der Waals surface area contributed by atoms with Gasteiger partial charge in [0.2, 0.25) is 0 Å². The molecule has 0 saturated carbocycles. The summed E-state index contributed by atoms with van der Waals surface area (Å²) in [5.41, 5.74) is -0.0490. The van der Waals surface area contributed by atoms with Crippen LogP contribution in [0.15, 0.2) is 18.2 Å². The fourth-order valence-corrected chi connectivity index (χ4v) is 2.21. The number of carbonyl (C=O) groups is 1. The number of hydrogen-bond acceptors (Lipinski definition) is 6. The predicted octanol–water partition coefficient (Wildman–Crippen LogP) is 1.89. The number of ether oxygens (including phenoxy) is 2. The zero-order valence-corrected chi connectivity index (χ0v) is 11.3. The number of esters is 1. The highest BCUT2D eigenvalue weighted by Crippen LogP contribution is 2.44. The molecule has 0 aliphatic heterocycles. The molecule has 0 fully saturated rings. The van der Waals surface area contributed by atoms with E-state index in [1.165, 1.54) is 19.2 Å². The average Bonchev–Trinajstić information content (AvgIpc) is 2.48. The topological polar surface area (TPSA) is 93.1 Å². The minimum atomic E-state index is -0.852. The van der Waals surface area contributed by atoms with E-state index in [1.54, 1.807) is 12.0 Å². The van der Waals surface area contributed by atoms with Crippen LogP contribution in [0.3, 0.4) is 0 Å². The van der Waals surface area contributed by atoms with Crippen molar-refractivity contribution < 1.29 is 29.3 Å². The lowest BCUT2D eigenvalue weighted by atomic mass is 9.97. The Morgan fingerprint density at radius 3 is 2.57 bits per heavy atom. The third-order valence-corrected chi connectivity index (χ3v) is 3.07. The molecule has 0 atom stereocenters. The normalized spacial score (nSPS) is 10.0. The minimum Gasteiger partial charge on any atom is -0.507 e. The molecule has 6 nitrogen and oxygen atoms in total. The molecule has 0 aliphatic rings. The van der Waals surface area contributed by atoms with Crippen molar-refractivity contribution in [3.8, 4) is 17.2 Å². The third kappa shape index (κ3) is 2.17. The molecule has 0 radical (unpaired) electrons. The van der Waals surface area contributed by atoms with E-state index in [4.69, 9.17) is 4.74 Å². The summed E-state index contributed by atoms with van der Waals surface area (Å²) in [6, 6.07) is 4.46. The van der Waals surface area contributed by atoms with E-state index in [1.807, 2.05) is 0 Å². The molecular weight excluding hydrogens is 276 g/mol. The first-order valence-corrected chi connectivity index (χ1v) is 5.90. The molecule has 0 saturated heterocycles. The number of aromatic hydroxyl groups is 2. The van der Waals surface area contributed by atoms with Crippen LogP contribution in [-0.2, 0) is 9.53 Å². The van der Waals surface area contributed by atoms with E-state index >= 15 is 0 Å². The standard InChI is InChI=1S/C15H12O6/c1-20-14-9(6-7-16)8-4-3-5-10(17)11(8)13(18)12(14)15(19)21-2/h3-6,17-18H,1-2H3. The first-order valence-electron chi connectivity index (χ1n) is 5.90. The number of fused-ring (bicyclic) bond motifs is 1. The van der Waals surface area contributed by atoms with Gasteiger partial charge in [-0.05, 0) is 6.07 Å². The molecule has 0 bridgehead atoms. The summed E-state index contributed by atoms with van der Waals surface area (Å²) in [7, 11) is 2.43. The van der Waals surface area contributed by atoms with Gasteiger partial charge in [0.25, 0.3) is 0 Å². The molecule has 21 heavy (non-hydrogen) atoms. The van der Waals surface area contributed by atoms with E-state index in [-0.39, 0.29) is 28.0 Å². The Kier molecular flexibility index (Phi) is 3.82. The van der Waals surface area contributed by atoms with Crippen molar-refractivity contribution in [2.45, 2.75) is 0 Å². The lowest BCUT2D eigenvalue weighted by Crippen LogP contribution is -2.06. The largest absolute Gasteiger partial charge is 0.507 e. The molecular formula is C15H12O6.